The zero-order valence-corrected chi connectivity index (χ0v) is 33.4. The highest BCUT2D eigenvalue weighted by Crippen LogP contribution is 2.42. The van der Waals surface area contributed by atoms with Crippen molar-refractivity contribution in [1.82, 2.24) is 4.98 Å². The van der Waals surface area contributed by atoms with Crippen LogP contribution in [0.4, 0.5) is 0 Å². The largest absolute Gasteiger partial charge is 0.467 e. The molecular weight excluding hydrogens is 861 g/mol. The molecule has 0 aliphatic carbocycles. The molecule has 22 heteroatoms. The average molecular weight is 892 g/mol. The highest BCUT2D eigenvalue weighted by Gasteiger charge is 2.54. The molecule has 2 aliphatic rings. The van der Waals surface area contributed by atoms with Crippen LogP contribution in [0.1, 0.15) is 50.0 Å². The van der Waals surface area contributed by atoms with E-state index in [1.807, 2.05) is 0 Å². The molecule has 0 N–H and O–H groups in total. The predicted octanol–water partition coefficient (Wildman–Crippen LogP) is 6.94. The van der Waals surface area contributed by atoms with Gasteiger partial charge in [0.1, 0.15) is 18.3 Å². The second-order valence-electron chi connectivity index (χ2n) is 11.3. The minimum absolute atomic E-state index is 0.00370. The number of hydrogen-bond donors (Lipinski definition) is 0. The number of ether oxygens (including phenoxy) is 7. The van der Waals surface area contributed by atoms with E-state index in [2.05, 4.69) is 9.72 Å². The van der Waals surface area contributed by atoms with Crippen LogP contribution in [0, 0.1) is 11.8 Å². The Morgan fingerprint density at radius 2 is 1.44 bits per heavy atom. The minimum atomic E-state index is -2.54. The first-order valence-electron chi connectivity index (χ1n) is 14.4. The average Bonchev–Trinajstić information content (AvgIpc) is 3.65. The van der Waals surface area contributed by atoms with Gasteiger partial charge in [0.25, 0.3) is 11.4 Å². The molecule has 2 aliphatic heterocycles. The predicted molar refractivity (Wildman–Crippen MR) is 185 cm³/mol. The number of oxazole rings is 1. The summed E-state index contributed by atoms with van der Waals surface area (Å²) in [5, 5.41) is 0. The number of carbonyl (C=O) groups excluding carboxylic acids is 4. The molecular formula is C28H30Cl9NO12. The van der Waals surface area contributed by atoms with Gasteiger partial charge in [-0.2, -0.15) is 4.98 Å². The van der Waals surface area contributed by atoms with E-state index in [-0.39, 0.29) is 42.9 Å². The molecule has 3 rings (SSSR count). The Kier molecular flexibility index (Phi) is 15.3. The maximum absolute atomic E-state index is 12.9. The lowest BCUT2D eigenvalue weighted by Gasteiger charge is -2.42. The van der Waals surface area contributed by atoms with Crippen LogP contribution in [0.3, 0.4) is 0 Å². The van der Waals surface area contributed by atoms with Crippen molar-refractivity contribution >= 4 is 134 Å². The first-order valence-corrected chi connectivity index (χ1v) is 17.8. The number of methoxy groups -OCH3 is 2. The van der Waals surface area contributed by atoms with Gasteiger partial charge in [-0.15, -0.1) is 0 Å². The maximum atomic E-state index is 12.9. The maximum Gasteiger partial charge on any atom is 0.364 e. The van der Waals surface area contributed by atoms with Gasteiger partial charge in [0.2, 0.25) is 11.6 Å². The van der Waals surface area contributed by atoms with E-state index >= 15 is 0 Å². The Bertz CT molecular complexity index is 1440. The fourth-order valence-electron chi connectivity index (χ4n) is 5.03. The van der Waals surface area contributed by atoms with Gasteiger partial charge in [0, 0.05) is 11.8 Å². The van der Waals surface area contributed by atoms with Crippen molar-refractivity contribution in [2.45, 2.75) is 81.6 Å². The van der Waals surface area contributed by atoms with Crippen LogP contribution in [-0.2, 0) is 42.8 Å². The smallest absolute Gasteiger partial charge is 0.364 e. The molecule has 13 nitrogen and oxygen atoms in total. The fourth-order valence-corrected chi connectivity index (χ4v) is 5.43. The summed E-state index contributed by atoms with van der Waals surface area (Å²) in [5.41, 5.74) is 0.319. The summed E-state index contributed by atoms with van der Waals surface area (Å²) in [4.78, 5) is 54.0. The number of halogens is 9. The summed E-state index contributed by atoms with van der Waals surface area (Å²) in [6.45, 7) is 4.94. The lowest BCUT2D eigenvalue weighted by Crippen LogP contribution is -2.55. The molecule has 3 heterocycles. The van der Waals surface area contributed by atoms with Gasteiger partial charge in [-0.1, -0.05) is 117 Å². The van der Waals surface area contributed by atoms with E-state index in [1.54, 1.807) is 20.8 Å². The van der Waals surface area contributed by atoms with Crippen LogP contribution in [0.2, 0.25) is 0 Å². The third-order valence-corrected chi connectivity index (χ3v) is 9.03. The molecule has 0 saturated carbocycles. The highest BCUT2D eigenvalue weighted by atomic mass is 35.6. The molecule has 2 fully saturated rings. The van der Waals surface area contributed by atoms with Crippen LogP contribution in [0.5, 0.6) is 5.95 Å². The lowest BCUT2D eigenvalue weighted by atomic mass is 9.85. The van der Waals surface area contributed by atoms with Gasteiger partial charge in [0.15, 0.2) is 6.10 Å². The lowest BCUT2D eigenvalue weighted by molar-refractivity contribution is -0.208. The summed E-state index contributed by atoms with van der Waals surface area (Å²) in [7, 11) is 2.44. The summed E-state index contributed by atoms with van der Waals surface area (Å²) in [6.07, 6.45) is -3.83. The molecule has 0 spiro atoms. The van der Waals surface area contributed by atoms with Gasteiger partial charge in [-0.05, 0) is 32.8 Å². The molecule has 8 atom stereocenters. The molecule has 0 aromatic carbocycles. The van der Waals surface area contributed by atoms with E-state index < -0.39 is 77.8 Å². The standard InChI is InChI=1S/C28H30Cl9NO12/c1-10(7-16-38-17(21(39)43-4)22(44-5)48-16)6-14-20(50-25(42)28(35,36)37)19(49-24(41)27(32,33)34)13(9-45-14)8-15-18(47-15)11(2)12(3)46-23(40)26(29,30)31/h7,11-15,18-20H,6,8-9H2,1-5H3/b10-7+/t11-,12-,13-,14-,15-,18-,19+,20-/m0/s1. The number of aromatic nitrogens is 1. The van der Waals surface area contributed by atoms with Crippen molar-refractivity contribution in [3.05, 3.63) is 17.2 Å². The summed E-state index contributed by atoms with van der Waals surface area (Å²) < 4.78 is 36.4. The molecule has 2 saturated heterocycles. The molecule has 0 amide bonds. The number of esters is 4. The van der Waals surface area contributed by atoms with Crippen LogP contribution in [-0.4, -0.2) is 97.7 Å². The fraction of sp³-hybridized carbons (Fsp3) is 0.679. The second-order valence-corrected chi connectivity index (χ2v) is 18.1. The molecule has 0 radical (unpaired) electrons. The number of alkyl halides is 9. The minimum Gasteiger partial charge on any atom is -0.467 e. The van der Waals surface area contributed by atoms with Crippen molar-refractivity contribution in [3.63, 3.8) is 0 Å². The topological polar surface area (TPSA) is 162 Å². The molecule has 1 aromatic rings. The first-order chi connectivity index (χ1) is 23.0. The number of carbonyl (C=O) groups is 4. The van der Waals surface area contributed by atoms with Crippen molar-refractivity contribution in [3.8, 4) is 5.95 Å². The Balaban J connectivity index is 1.90. The molecule has 1 aromatic heterocycles. The number of nitrogens with zero attached hydrogens (tertiary/aromatic N) is 1. The SMILES string of the molecule is COC(=O)c1nc(/C=C(\C)C[C@@H]2OC[C@H](C[C@@H]3O[C@H]3[C@@H](C)[C@H](C)OC(=O)C(Cl)(Cl)Cl)[C@@H](OC(=O)C(Cl)(Cl)Cl)[C@H]2OC(=O)C(Cl)(Cl)Cl)oc1OC. The summed E-state index contributed by atoms with van der Waals surface area (Å²) in [6, 6.07) is 0. The van der Waals surface area contributed by atoms with Gasteiger partial charge < -0.3 is 37.6 Å². The van der Waals surface area contributed by atoms with Crippen LogP contribution >= 0.6 is 104 Å². The van der Waals surface area contributed by atoms with Crippen LogP contribution < -0.4 is 4.74 Å². The highest BCUT2D eigenvalue weighted by molar-refractivity contribution is 6.76. The number of rotatable bonds is 12. The molecule has 282 valence electrons. The van der Waals surface area contributed by atoms with Crippen molar-refractivity contribution in [2.75, 3.05) is 20.8 Å². The normalized spacial score (nSPS) is 25.6. The number of hydrogen-bond acceptors (Lipinski definition) is 13. The van der Waals surface area contributed by atoms with E-state index in [1.165, 1.54) is 13.2 Å². The Morgan fingerprint density at radius 3 is 1.96 bits per heavy atom. The Labute approximate surface area is 331 Å². The Morgan fingerprint density at radius 1 is 0.880 bits per heavy atom. The zero-order valence-electron chi connectivity index (χ0n) is 26.6. The van der Waals surface area contributed by atoms with Gasteiger partial charge in [0.05, 0.1) is 33.0 Å². The van der Waals surface area contributed by atoms with Crippen molar-refractivity contribution in [2.24, 2.45) is 11.8 Å². The monoisotopic (exact) mass is 887 g/mol. The van der Waals surface area contributed by atoms with Crippen molar-refractivity contribution < 1.29 is 56.8 Å². The first kappa shape index (κ1) is 43.6. The molecule has 0 bridgehead atoms. The van der Waals surface area contributed by atoms with Crippen molar-refractivity contribution in [1.29, 1.82) is 0 Å². The quantitative estimate of drug-likeness (QED) is 0.0920. The summed E-state index contributed by atoms with van der Waals surface area (Å²) >= 11 is 51.8. The third kappa shape index (κ3) is 11.8. The van der Waals surface area contributed by atoms with Crippen LogP contribution in [0.15, 0.2) is 9.99 Å². The Hall–Kier alpha value is -0.840. The van der Waals surface area contributed by atoms with Gasteiger partial charge >= 0.3 is 29.8 Å². The molecule has 0 unspecified atom stereocenters. The van der Waals surface area contributed by atoms with E-state index in [0.29, 0.717) is 5.57 Å². The molecule has 50 heavy (non-hydrogen) atoms. The van der Waals surface area contributed by atoms with E-state index in [9.17, 15) is 19.2 Å². The van der Waals surface area contributed by atoms with E-state index in [0.717, 1.165) is 7.11 Å². The zero-order chi connectivity index (χ0) is 37.9. The second kappa shape index (κ2) is 17.5. The third-order valence-electron chi connectivity index (χ3n) is 7.64. The van der Waals surface area contributed by atoms with Crippen LogP contribution in [0.25, 0.3) is 6.08 Å². The van der Waals surface area contributed by atoms with Gasteiger partial charge in [-0.3, -0.25) is 0 Å². The van der Waals surface area contributed by atoms with Gasteiger partial charge in [-0.25, -0.2) is 19.2 Å². The van der Waals surface area contributed by atoms with E-state index in [4.69, 9.17) is 137 Å². The summed E-state index contributed by atoms with van der Waals surface area (Å²) in [5.74, 6) is -5.77. The number of epoxide rings is 1.